The third-order valence-corrected chi connectivity index (χ3v) is 4.64. The van der Waals surface area contributed by atoms with Crippen molar-refractivity contribution in [1.29, 1.82) is 0 Å². The lowest BCUT2D eigenvalue weighted by Crippen LogP contribution is -3.13. The predicted octanol–water partition coefficient (Wildman–Crippen LogP) is 0.836. The molecule has 0 aromatic heterocycles. The molecular formula is C17H36FN. The number of quaternary nitrogens is 1. The molecule has 1 N–H and O–H groups in total. The number of rotatable bonds is 10. The van der Waals surface area contributed by atoms with E-state index in [2.05, 4.69) is 13.8 Å². The van der Waals surface area contributed by atoms with Crippen LogP contribution in [0.3, 0.4) is 0 Å². The monoisotopic (exact) mass is 273 g/mol. The van der Waals surface area contributed by atoms with Crippen LogP contribution in [-0.2, 0) is 0 Å². The smallest absolute Gasteiger partial charge is 0.0773 e. The van der Waals surface area contributed by atoms with Gasteiger partial charge in [-0.2, -0.15) is 0 Å². The molecule has 1 heterocycles. The van der Waals surface area contributed by atoms with Crippen LogP contribution in [-0.4, -0.2) is 19.6 Å². The van der Waals surface area contributed by atoms with E-state index in [9.17, 15) is 0 Å². The second-order valence-corrected chi connectivity index (χ2v) is 6.35. The van der Waals surface area contributed by atoms with Gasteiger partial charge in [-0.25, -0.2) is 0 Å². The van der Waals surface area contributed by atoms with Gasteiger partial charge in [-0.05, 0) is 31.6 Å². The average molecular weight is 273 g/mol. The highest BCUT2D eigenvalue weighted by molar-refractivity contribution is 4.61. The number of hydrogen-bond donors (Lipinski definition) is 1. The Morgan fingerprint density at radius 2 is 1.37 bits per heavy atom. The Morgan fingerprint density at radius 1 is 0.789 bits per heavy atom. The van der Waals surface area contributed by atoms with Crippen molar-refractivity contribution in [1.82, 2.24) is 0 Å². The van der Waals surface area contributed by atoms with Gasteiger partial charge in [-0.3, -0.25) is 0 Å². The fourth-order valence-electron chi connectivity index (χ4n) is 3.36. The lowest BCUT2D eigenvalue weighted by molar-refractivity contribution is -0.906. The largest absolute Gasteiger partial charge is 1.00 e. The molecule has 116 valence electrons. The van der Waals surface area contributed by atoms with Crippen molar-refractivity contribution in [2.75, 3.05) is 19.6 Å². The molecule has 1 nitrogen and oxygen atoms in total. The molecular weight excluding hydrogens is 237 g/mol. The average Bonchev–Trinajstić information content (AvgIpc) is 2.40. The fourth-order valence-corrected chi connectivity index (χ4v) is 3.36. The Bertz CT molecular complexity index is 176. The summed E-state index contributed by atoms with van der Waals surface area (Å²) >= 11 is 0. The molecule has 0 atom stereocenters. The lowest BCUT2D eigenvalue weighted by atomic mass is 9.92. The lowest BCUT2D eigenvalue weighted by Gasteiger charge is -2.29. The first-order valence-electron chi connectivity index (χ1n) is 8.70. The van der Waals surface area contributed by atoms with Crippen LogP contribution in [0.4, 0.5) is 0 Å². The van der Waals surface area contributed by atoms with E-state index in [1.165, 1.54) is 90.3 Å². The number of halogens is 1. The maximum atomic E-state index is 2.33. The minimum Gasteiger partial charge on any atom is -1.00 e. The fraction of sp³-hybridized carbons (Fsp3) is 1.00. The standard InChI is InChI=1S/C17H35N.FH/c1-3-5-6-7-8-9-10-14-18-15-12-17(11-4-2)13-16-18;/h17H,3-16H2,1-2H3;1H. The highest BCUT2D eigenvalue weighted by Crippen LogP contribution is 2.15. The van der Waals surface area contributed by atoms with Crippen molar-refractivity contribution in [3.8, 4) is 0 Å². The van der Waals surface area contributed by atoms with E-state index in [0.717, 1.165) is 5.92 Å². The second-order valence-electron chi connectivity index (χ2n) is 6.35. The van der Waals surface area contributed by atoms with E-state index in [4.69, 9.17) is 0 Å². The topological polar surface area (TPSA) is 4.44 Å². The summed E-state index contributed by atoms with van der Waals surface area (Å²) in [5.41, 5.74) is 0. The van der Waals surface area contributed by atoms with Crippen molar-refractivity contribution in [3.05, 3.63) is 0 Å². The van der Waals surface area contributed by atoms with Gasteiger partial charge < -0.3 is 9.60 Å². The normalized spacial score (nSPS) is 23.1. The quantitative estimate of drug-likeness (QED) is 0.563. The van der Waals surface area contributed by atoms with E-state index in [-0.39, 0.29) is 4.70 Å². The Labute approximate surface area is 120 Å². The summed E-state index contributed by atoms with van der Waals surface area (Å²) in [6.07, 6.45) is 16.0. The molecule has 2 heteroatoms. The number of unbranched alkanes of at least 4 members (excludes halogenated alkanes) is 6. The van der Waals surface area contributed by atoms with E-state index in [1.807, 2.05) is 4.90 Å². The molecule has 0 aromatic carbocycles. The summed E-state index contributed by atoms with van der Waals surface area (Å²) in [6.45, 7) is 9.00. The molecule has 19 heavy (non-hydrogen) atoms. The molecule has 0 aromatic rings. The van der Waals surface area contributed by atoms with Crippen molar-refractivity contribution >= 4 is 0 Å². The van der Waals surface area contributed by atoms with Gasteiger partial charge in [0.2, 0.25) is 0 Å². The minimum atomic E-state index is 0. The van der Waals surface area contributed by atoms with Gasteiger partial charge in [0, 0.05) is 0 Å². The van der Waals surface area contributed by atoms with Crippen LogP contribution >= 0.6 is 0 Å². The van der Waals surface area contributed by atoms with Gasteiger partial charge in [0.25, 0.3) is 0 Å². The van der Waals surface area contributed by atoms with E-state index in [0.29, 0.717) is 0 Å². The van der Waals surface area contributed by atoms with Crippen molar-refractivity contribution < 1.29 is 9.60 Å². The number of piperidine rings is 1. The van der Waals surface area contributed by atoms with Crippen molar-refractivity contribution in [2.45, 2.75) is 84.5 Å². The van der Waals surface area contributed by atoms with Gasteiger partial charge in [-0.1, -0.05) is 58.8 Å². The van der Waals surface area contributed by atoms with E-state index in [1.54, 1.807) is 0 Å². The van der Waals surface area contributed by atoms with Crippen molar-refractivity contribution in [2.24, 2.45) is 5.92 Å². The molecule has 0 saturated carbocycles. The van der Waals surface area contributed by atoms with Gasteiger partial charge in [0.1, 0.15) is 0 Å². The molecule has 1 rings (SSSR count). The molecule has 1 fully saturated rings. The molecule has 0 aliphatic carbocycles. The summed E-state index contributed by atoms with van der Waals surface area (Å²) in [7, 11) is 0. The summed E-state index contributed by atoms with van der Waals surface area (Å²) in [5.74, 6) is 1.06. The predicted molar refractivity (Wildman–Crippen MR) is 81.2 cm³/mol. The van der Waals surface area contributed by atoms with Crippen LogP contribution in [0.2, 0.25) is 0 Å². The Kier molecular flexibility index (Phi) is 12.8. The molecule has 0 spiro atoms. The second kappa shape index (κ2) is 12.9. The molecule has 0 radical (unpaired) electrons. The van der Waals surface area contributed by atoms with E-state index < -0.39 is 0 Å². The zero-order chi connectivity index (χ0) is 13.1. The first-order chi connectivity index (χ1) is 8.86. The first kappa shape index (κ1) is 18.9. The number of likely N-dealkylation sites (tertiary alicyclic amines) is 1. The maximum absolute atomic E-state index is 2.33. The Hall–Kier alpha value is -0.110. The van der Waals surface area contributed by atoms with E-state index >= 15 is 0 Å². The van der Waals surface area contributed by atoms with Gasteiger partial charge in [-0.15, -0.1) is 0 Å². The molecule has 0 bridgehead atoms. The number of nitrogens with one attached hydrogen (secondary N) is 1. The van der Waals surface area contributed by atoms with Gasteiger partial charge in [0.15, 0.2) is 0 Å². The van der Waals surface area contributed by atoms with Crippen LogP contribution in [0.15, 0.2) is 0 Å². The summed E-state index contributed by atoms with van der Waals surface area (Å²) in [6, 6.07) is 0. The zero-order valence-corrected chi connectivity index (χ0v) is 13.4. The Morgan fingerprint density at radius 3 is 1.95 bits per heavy atom. The Balaban J connectivity index is 0.00000324. The summed E-state index contributed by atoms with van der Waals surface area (Å²) in [5, 5.41) is 0. The summed E-state index contributed by atoms with van der Waals surface area (Å²) < 4.78 is 0. The molecule has 0 unspecified atom stereocenters. The van der Waals surface area contributed by atoms with Crippen LogP contribution in [0, 0.1) is 5.92 Å². The van der Waals surface area contributed by atoms with Gasteiger partial charge in [0.05, 0.1) is 19.6 Å². The van der Waals surface area contributed by atoms with Crippen LogP contribution in [0.5, 0.6) is 0 Å². The van der Waals surface area contributed by atoms with Crippen LogP contribution < -0.4 is 9.60 Å². The molecule has 1 aliphatic heterocycles. The zero-order valence-electron chi connectivity index (χ0n) is 13.4. The maximum Gasteiger partial charge on any atom is 0.0773 e. The van der Waals surface area contributed by atoms with Crippen LogP contribution in [0.25, 0.3) is 0 Å². The molecule has 1 saturated heterocycles. The van der Waals surface area contributed by atoms with Crippen molar-refractivity contribution in [3.63, 3.8) is 0 Å². The van der Waals surface area contributed by atoms with Gasteiger partial charge >= 0.3 is 0 Å². The van der Waals surface area contributed by atoms with Crippen LogP contribution in [0.1, 0.15) is 84.5 Å². The highest BCUT2D eigenvalue weighted by Gasteiger charge is 2.20. The third-order valence-electron chi connectivity index (χ3n) is 4.64. The molecule has 0 amide bonds. The SMILES string of the molecule is CCCCCCCCC[NH+]1CCC(CCC)CC1.[F-]. The minimum absolute atomic E-state index is 0. The highest BCUT2D eigenvalue weighted by atomic mass is 19.0. The number of hydrogen-bond acceptors (Lipinski definition) is 0. The first-order valence-corrected chi connectivity index (χ1v) is 8.70. The third kappa shape index (κ3) is 9.43. The molecule has 1 aliphatic rings. The summed E-state index contributed by atoms with van der Waals surface area (Å²) in [4.78, 5) is 1.90.